The Bertz CT molecular complexity index is 421. The van der Waals surface area contributed by atoms with E-state index in [0.29, 0.717) is 13.0 Å². The molecule has 0 fully saturated rings. The number of carbonyl (C=O) groups is 1. The van der Waals surface area contributed by atoms with E-state index < -0.39 is 11.7 Å². The number of nitrogens with two attached hydrogens (primary N) is 1. The molecule has 0 saturated heterocycles. The Morgan fingerprint density at radius 3 is 2.67 bits per heavy atom. The molecule has 0 radical (unpaired) electrons. The summed E-state index contributed by atoms with van der Waals surface area (Å²) in [4.78, 5) is 11.9. The van der Waals surface area contributed by atoms with Gasteiger partial charge in [0.1, 0.15) is 11.6 Å². The second-order valence-corrected chi connectivity index (χ2v) is 4.57. The van der Waals surface area contributed by atoms with Crippen molar-refractivity contribution in [3.8, 4) is 5.75 Å². The van der Waals surface area contributed by atoms with Crippen LogP contribution in [0.2, 0.25) is 0 Å². The molecule has 1 aromatic carbocycles. The average molecular weight is 254 g/mol. The molecule has 0 bridgehead atoms. The minimum Gasteiger partial charge on any atom is -0.508 e. The van der Waals surface area contributed by atoms with Gasteiger partial charge in [-0.3, -0.25) is 4.79 Å². The van der Waals surface area contributed by atoms with Crippen LogP contribution >= 0.6 is 0 Å². The lowest BCUT2D eigenvalue weighted by Gasteiger charge is -2.21. The molecule has 0 saturated carbocycles. The Hall–Kier alpha value is -1.62. The zero-order valence-electron chi connectivity index (χ0n) is 10.6. The number of nitrogens with one attached hydrogen (secondary N) is 1. The summed E-state index contributed by atoms with van der Waals surface area (Å²) in [5.74, 6) is -1.20. The van der Waals surface area contributed by atoms with Gasteiger partial charge in [0.15, 0.2) is 0 Å². The monoisotopic (exact) mass is 254 g/mol. The molecule has 5 heteroatoms. The molecule has 0 spiro atoms. The van der Waals surface area contributed by atoms with Crippen molar-refractivity contribution >= 4 is 5.91 Å². The number of rotatable bonds is 5. The molecule has 0 aliphatic carbocycles. The highest BCUT2D eigenvalue weighted by atomic mass is 19.1. The first kappa shape index (κ1) is 14.4. The number of hydrogen-bond donors (Lipinski definition) is 3. The number of carbonyl (C=O) groups excluding carboxylic acids is 1. The summed E-state index contributed by atoms with van der Waals surface area (Å²) in [6.45, 7) is 4.39. The van der Waals surface area contributed by atoms with Gasteiger partial charge in [-0.05, 0) is 31.0 Å². The van der Waals surface area contributed by atoms with Crippen LogP contribution in [0, 0.1) is 11.7 Å². The van der Waals surface area contributed by atoms with E-state index in [0.717, 1.165) is 6.07 Å². The van der Waals surface area contributed by atoms with Crippen LogP contribution < -0.4 is 11.1 Å². The molecule has 0 aliphatic rings. The molecule has 100 valence electrons. The summed E-state index contributed by atoms with van der Waals surface area (Å²) in [5.41, 5.74) is 5.40. The average Bonchev–Trinajstić information content (AvgIpc) is 2.27. The lowest BCUT2D eigenvalue weighted by molar-refractivity contribution is 0.0920. The molecule has 1 amide bonds. The van der Waals surface area contributed by atoms with Crippen LogP contribution in [0.15, 0.2) is 18.2 Å². The Morgan fingerprint density at radius 2 is 2.17 bits per heavy atom. The summed E-state index contributed by atoms with van der Waals surface area (Å²) in [5, 5.41) is 11.8. The van der Waals surface area contributed by atoms with Gasteiger partial charge in [-0.25, -0.2) is 4.39 Å². The second-order valence-electron chi connectivity index (χ2n) is 4.57. The molecule has 1 rings (SSSR count). The molecule has 0 aliphatic heterocycles. The molecule has 18 heavy (non-hydrogen) atoms. The van der Waals surface area contributed by atoms with E-state index in [9.17, 15) is 9.18 Å². The van der Waals surface area contributed by atoms with Crippen molar-refractivity contribution in [2.45, 2.75) is 26.3 Å². The van der Waals surface area contributed by atoms with Gasteiger partial charge in [-0.1, -0.05) is 13.8 Å². The molecular formula is C13H19FN2O2. The molecule has 1 unspecified atom stereocenters. The van der Waals surface area contributed by atoms with Crippen LogP contribution in [-0.4, -0.2) is 23.6 Å². The summed E-state index contributed by atoms with van der Waals surface area (Å²) in [6.07, 6.45) is 0.642. The third kappa shape index (κ3) is 3.70. The van der Waals surface area contributed by atoms with Crippen molar-refractivity contribution in [3.05, 3.63) is 29.6 Å². The van der Waals surface area contributed by atoms with E-state index >= 15 is 0 Å². The normalized spacial score (nSPS) is 12.5. The zero-order valence-corrected chi connectivity index (χ0v) is 10.6. The predicted molar refractivity (Wildman–Crippen MR) is 67.8 cm³/mol. The van der Waals surface area contributed by atoms with Gasteiger partial charge in [-0.15, -0.1) is 0 Å². The van der Waals surface area contributed by atoms with E-state index in [1.807, 2.05) is 13.8 Å². The number of phenols is 1. The largest absolute Gasteiger partial charge is 0.508 e. The third-order valence-electron chi connectivity index (χ3n) is 2.80. The molecule has 4 nitrogen and oxygen atoms in total. The predicted octanol–water partition coefficient (Wildman–Crippen LogP) is 1.63. The first-order chi connectivity index (χ1) is 8.45. The van der Waals surface area contributed by atoms with Crippen molar-refractivity contribution in [1.82, 2.24) is 5.32 Å². The standard InChI is InChI=1S/C13H19FN2O2/c1-8(2)12(5-6-15)16-13(18)10-4-3-9(17)7-11(10)14/h3-4,7-8,12,17H,5-6,15H2,1-2H3,(H,16,18). The molecule has 1 aromatic rings. The number of phenolic OH excluding ortho intramolecular Hbond substituents is 1. The number of aromatic hydroxyl groups is 1. The van der Waals surface area contributed by atoms with Crippen LogP contribution in [0.5, 0.6) is 5.75 Å². The lowest BCUT2D eigenvalue weighted by atomic mass is 10.0. The maximum atomic E-state index is 13.5. The third-order valence-corrected chi connectivity index (χ3v) is 2.80. The fourth-order valence-corrected chi connectivity index (χ4v) is 1.69. The Labute approximate surface area is 106 Å². The fraction of sp³-hybridized carbons (Fsp3) is 0.462. The van der Waals surface area contributed by atoms with Crippen molar-refractivity contribution in [2.75, 3.05) is 6.54 Å². The van der Waals surface area contributed by atoms with Gasteiger partial charge in [0.2, 0.25) is 0 Å². The summed E-state index contributed by atoms with van der Waals surface area (Å²) >= 11 is 0. The van der Waals surface area contributed by atoms with Crippen LogP contribution in [0.25, 0.3) is 0 Å². The molecule has 1 atom stereocenters. The highest BCUT2D eigenvalue weighted by molar-refractivity contribution is 5.94. The first-order valence-corrected chi connectivity index (χ1v) is 5.95. The van der Waals surface area contributed by atoms with Gasteiger partial charge >= 0.3 is 0 Å². The van der Waals surface area contributed by atoms with Gasteiger partial charge < -0.3 is 16.2 Å². The Kier molecular flexibility index (Phi) is 5.09. The summed E-state index contributed by atoms with van der Waals surface area (Å²) < 4.78 is 13.5. The van der Waals surface area contributed by atoms with Crippen molar-refractivity contribution < 1.29 is 14.3 Å². The van der Waals surface area contributed by atoms with Gasteiger partial charge in [0, 0.05) is 12.1 Å². The second kappa shape index (κ2) is 6.35. The van der Waals surface area contributed by atoms with Crippen molar-refractivity contribution in [3.63, 3.8) is 0 Å². The maximum Gasteiger partial charge on any atom is 0.254 e. The zero-order chi connectivity index (χ0) is 13.7. The fourth-order valence-electron chi connectivity index (χ4n) is 1.69. The Morgan fingerprint density at radius 1 is 1.50 bits per heavy atom. The van der Waals surface area contributed by atoms with E-state index in [2.05, 4.69) is 5.32 Å². The van der Waals surface area contributed by atoms with Crippen LogP contribution in [0.3, 0.4) is 0 Å². The number of hydrogen-bond acceptors (Lipinski definition) is 3. The minimum absolute atomic E-state index is 0.0736. The van der Waals surface area contributed by atoms with E-state index in [-0.39, 0.29) is 23.3 Å². The molecule has 0 aromatic heterocycles. The number of benzene rings is 1. The highest BCUT2D eigenvalue weighted by Crippen LogP contribution is 2.15. The van der Waals surface area contributed by atoms with Crippen LogP contribution in [0.4, 0.5) is 4.39 Å². The summed E-state index contributed by atoms with van der Waals surface area (Å²) in [7, 11) is 0. The van der Waals surface area contributed by atoms with Gasteiger partial charge in [0.05, 0.1) is 5.56 Å². The number of halogens is 1. The van der Waals surface area contributed by atoms with Crippen LogP contribution in [-0.2, 0) is 0 Å². The molecular weight excluding hydrogens is 235 g/mol. The SMILES string of the molecule is CC(C)C(CCN)NC(=O)c1ccc(O)cc1F. The summed E-state index contributed by atoms with van der Waals surface area (Å²) in [6, 6.07) is 3.38. The van der Waals surface area contributed by atoms with Crippen LogP contribution in [0.1, 0.15) is 30.6 Å². The Balaban J connectivity index is 2.80. The quantitative estimate of drug-likeness (QED) is 0.747. The van der Waals surface area contributed by atoms with Crippen molar-refractivity contribution in [2.24, 2.45) is 11.7 Å². The van der Waals surface area contributed by atoms with E-state index in [4.69, 9.17) is 10.8 Å². The van der Waals surface area contributed by atoms with E-state index in [1.165, 1.54) is 12.1 Å². The molecule has 0 heterocycles. The maximum absolute atomic E-state index is 13.5. The van der Waals surface area contributed by atoms with Gasteiger partial charge in [-0.2, -0.15) is 0 Å². The minimum atomic E-state index is -0.734. The van der Waals surface area contributed by atoms with Gasteiger partial charge in [0.25, 0.3) is 5.91 Å². The van der Waals surface area contributed by atoms with E-state index in [1.54, 1.807) is 0 Å². The van der Waals surface area contributed by atoms with Crippen molar-refractivity contribution in [1.29, 1.82) is 0 Å². The number of amides is 1. The topological polar surface area (TPSA) is 75.3 Å². The first-order valence-electron chi connectivity index (χ1n) is 5.95. The highest BCUT2D eigenvalue weighted by Gasteiger charge is 2.18. The molecule has 4 N–H and O–H groups in total. The smallest absolute Gasteiger partial charge is 0.254 e. The lowest BCUT2D eigenvalue weighted by Crippen LogP contribution is -2.40.